The Balaban J connectivity index is 1.38. The van der Waals surface area contributed by atoms with Gasteiger partial charge in [-0.15, -0.1) is 10.2 Å². The number of aromatic nitrogens is 5. The van der Waals surface area contributed by atoms with E-state index in [0.29, 0.717) is 34.1 Å². The van der Waals surface area contributed by atoms with Gasteiger partial charge in [0.2, 0.25) is 5.91 Å². The van der Waals surface area contributed by atoms with Crippen molar-refractivity contribution in [3.63, 3.8) is 0 Å². The van der Waals surface area contributed by atoms with E-state index in [-0.39, 0.29) is 11.4 Å². The molecule has 4 rings (SSSR count). The number of hydrogen-bond acceptors (Lipinski definition) is 8. The number of H-pyrrole nitrogens is 1. The maximum atomic E-state index is 12.4. The van der Waals surface area contributed by atoms with E-state index < -0.39 is 17.4 Å². The molecule has 0 atom stereocenters. The van der Waals surface area contributed by atoms with Gasteiger partial charge in [-0.2, -0.15) is 5.10 Å². The monoisotopic (exact) mass is 439 g/mol. The summed E-state index contributed by atoms with van der Waals surface area (Å²) in [5, 5.41) is 15.5. The van der Waals surface area contributed by atoms with Crippen LogP contribution in [-0.4, -0.2) is 42.5 Å². The molecule has 3 aromatic heterocycles. The van der Waals surface area contributed by atoms with Crippen LogP contribution in [0.25, 0.3) is 22.4 Å². The highest BCUT2D eigenvalue weighted by Gasteiger charge is 2.17. The number of furan rings is 1. The number of nitrogens with one attached hydrogen (secondary N) is 3. The van der Waals surface area contributed by atoms with E-state index in [1.165, 1.54) is 11.8 Å². The van der Waals surface area contributed by atoms with Crippen LogP contribution in [0, 0.1) is 0 Å². The number of benzene rings is 1. The van der Waals surface area contributed by atoms with Crippen LogP contribution in [0.5, 0.6) is 0 Å². The maximum absolute atomic E-state index is 12.4. The quantitative estimate of drug-likeness (QED) is 0.301. The van der Waals surface area contributed by atoms with E-state index in [4.69, 9.17) is 4.42 Å². The van der Waals surface area contributed by atoms with E-state index >= 15 is 0 Å². The van der Waals surface area contributed by atoms with Gasteiger partial charge in [-0.1, -0.05) is 30.0 Å². The number of amides is 2. The molecule has 0 spiro atoms. The Morgan fingerprint density at radius 3 is 2.68 bits per heavy atom. The summed E-state index contributed by atoms with van der Waals surface area (Å²) < 4.78 is 7.18. The first-order valence-corrected chi connectivity index (χ1v) is 10.2. The fraction of sp³-hybridized carbons (Fsp3) is 0.158. The lowest BCUT2D eigenvalue weighted by Gasteiger charge is -2.08. The minimum Gasteiger partial charge on any atom is -0.461 e. The second-order valence-corrected chi connectivity index (χ2v) is 7.21. The Morgan fingerprint density at radius 2 is 1.94 bits per heavy atom. The fourth-order valence-electron chi connectivity index (χ4n) is 2.91. The number of thioether (sulfide) groups is 1. The Kier molecular flexibility index (Phi) is 5.80. The van der Waals surface area contributed by atoms with Gasteiger partial charge in [0.15, 0.2) is 22.4 Å². The maximum Gasteiger partial charge on any atom is 0.290 e. The molecule has 0 bridgehead atoms. The number of rotatable bonds is 6. The number of nitrogens with zero attached hydrogens (tertiary/aromatic N) is 4. The summed E-state index contributed by atoms with van der Waals surface area (Å²) in [6.07, 6.45) is 1.55. The molecule has 12 heteroatoms. The van der Waals surface area contributed by atoms with Crippen LogP contribution in [0.4, 0.5) is 0 Å². The molecular weight excluding hydrogens is 422 g/mol. The van der Waals surface area contributed by atoms with Crippen molar-refractivity contribution in [2.75, 3.05) is 5.75 Å². The first kappa shape index (κ1) is 20.3. The third-order valence-electron chi connectivity index (χ3n) is 4.33. The first-order valence-electron chi connectivity index (χ1n) is 9.25. The van der Waals surface area contributed by atoms with Crippen molar-refractivity contribution in [1.82, 2.24) is 35.8 Å². The molecule has 0 aliphatic rings. The van der Waals surface area contributed by atoms with Gasteiger partial charge < -0.3 is 4.42 Å². The van der Waals surface area contributed by atoms with Crippen LogP contribution in [0.2, 0.25) is 0 Å². The van der Waals surface area contributed by atoms with E-state index in [0.717, 1.165) is 0 Å². The fourth-order valence-corrected chi connectivity index (χ4v) is 3.71. The highest BCUT2D eigenvalue weighted by molar-refractivity contribution is 7.99. The highest BCUT2D eigenvalue weighted by Crippen LogP contribution is 2.24. The third kappa shape index (κ3) is 4.19. The molecule has 0 saturated heterocycles. The summed E-state index contributed by atoms with van der Waals surface area (Å²) in [7, 11) is 0. The second-order valence-electron chi connectivity index (χ2n) is 6.27. The zero-order chi connectivity index (χ0) is 21.8. The lowest BCUT2D eigenvalue weighted by Crippen LogP contribution is -2.43. The van der Waals surface area contributed by atoms with Crippen LogP contribution in [0.3, 0.4) is 0 Å². The number of hydrazine groups is 1. The van der Waals surface area contributed by atoms with Crippen molar-refractivity contribution in [3.05, 3.63) is 58.7 Å². The normalized spacial score (nSPS) is 10.9. The SMILES string of the molecule is CCn1c(SCC(=O)NNC(=O)c2n[nH]c(=O)c3ccccc23)nnc1-c1ccco1. The Morgan fingerprint density at radius 1 is 1.13 bits per heavy atom. The molecule has 158 valence electrons. The molecule has 0 aliphatic heterocycles. The summed E-state index contributed by atoms with van der Waals surface area (Å²) in [6.45, 7) is 2.52. The number of carbonyl (C=O) groups excluding carboxylic acids is 2. The van der Waals surface area contributed by atoms with Crippen molar-refractivity contribution in [2.45, 2.75) is 18.6 Å². The molecule has 0 aliphatic carbocycles. The van der Waals surface area contributed by atoms with Crippen LogP contribution in [0.15, 0.2) is 57.0 Å². The first-order chi connectivity index (χ1) is 15.1. The molecule has 0 radical (unpaired) electrons. The van der Waals surface area contributed by atoms with Crippen molar-refractivity contribution in [2.24, 2.45) is 0 Å². The molecule has 2 amide bonds. The topological polar surface area (TPSA) is 148 Å². The molecule has 4 aromatic rings. The third-order valence-corrected chi connectivity index (χ3v) is 5.30. The molecule has 3 N–H and O–H groups in total. The van der Waals surface area contributed by atoms with Crippen LogP contribution < -0.4 is 16.4 Å². The number of carbonyl (C=O) groups is 2. The van der Waals surface area contributed by atoms with E-state index in [1.54, 1.807) is 42.7 Å². The Labute approximate surface area is 179 Å². The smallest absolute Gasteiger partial charge is 0.290 e. The average molecular weight is 439 g/mol. The number of aromatic amines is 1. The largest absolute Gasteiger partial charge is 0.461 e. The molecular formula is C19H17N7O4S. The minimum absolute atomic E-state index is 0.00281. The summed E-state index contributed by atoms with van der Waals surface area (Å²) in [4.78, 5) is 36.5. The number of fused-ring (bicyclic) bond motifs is 1. The van der Waals surface area contributed by atoms with Gasteiger partial charge >= 0.3 is 0 Å². The Bertz CT molecular complexity index is 1300. The number of hydrogen-bond donors (Lipinski definition) is 3. The molecule has 31 heavy (non-hydrogen) atoms. The predicted octanol–water partition coefficient (Wildman–Crippen LogP) is 1.35. The zero-order valence-electron chi connectivity index (χ0n) is 16.3. The summed E-state index contributed by atoms with van der Waals surface area (Å²) >= 11 is 1.17. The van der Waals surface area contributed by atoms with Gasteiger partial charge in [-0.25, -0.2) is 5.10 Å². The van der Waals surface area contributed by atoms with Gasteiger partial charge in [0, 0.05) is 11.9 Å². The average Bonchev–Trinajstić information content (AvgIpc) is 3.46. The lowest BCUT2D eigenvalue weighted by molar-refractivity contribution is -0.119. The van der Waals surface area contributed by atoms with Crippen molar-refractivity contribution in [1.29, 1.82) is 0 Å². The van der Waals surface area contributed by atoms with Crippen LogP contribution >= 0.6 is 11.8 Å². The summed E-state index contributed by atoms with van der Waals surface area (Å²) in [6, 6.07) is 10.1. The van der Waals surface area contributed by atoms with Crippen molar-refractivity contribution < 1.29 is 14.0 Å². The summed E-state index contributed by atoms with van der Waals surface area (Å²) in [5.41, 5.74) is 4.24. The van der Waals surface area contributed by atoms with Crippen molar-refractivity contribution >= 4 is 34.3 Å². The van der Waals surface area contributed by atoms with E-state index in [9.17, 15) is 14.4 Å². The van der Waals surface area contributed by atoms with E-state index in [1.807, 2.05) is 11.5 Å². The van der Waals surface area contributed by atoms with Gasteiger partial charge in [-0.3, -0.25) is 29.8 Å². The zero-order valence-corrected chi connectivity index (χ0v) is 17.1. The van der Waals surface area contributed by atoms with Crippen LogP contribution in [-0.2, 0) is 11.3 Å². The van der Waals surface area contributed by atoms with Crippen molar-refractivity contribution in [3.8, 4) is 11.6 Å². The molecule has 0 saturated carbocycles. The predicted molar refractivity (Wildman–Crippen MR) is 112 cm³/mol. The second kappa shape index (κ2) is 8.83. The van der Waals surface area contributed by atoms with Gasteiger partial charge in [0.1, 0.15) is 0 Å². The molecule has 0 fully saturated rings. The molecule has 11 nitrogen and oxygen atoms in total. The lowest BCUT2D eigenvalue weighted by atomic mass is 10.1. The van der Waals surface area contributed by atoms with E-state index in [2.05, 4.69) is 31.2 Å². The van der Waals surface area contributed by atoms with Gasteiger partial charge in [0.25, 0.3) is 11.5 Å². The van der Waals surface area contributed by atoms with Crippen LogP contribution in [0.1, 0.15) is 17.4 Å². The highest BCUT2D eigenvalue weighted by atomic mass is 32.2. The molecule has 0 unspecified atom stereocenters. The van der Waals surface area contributed by atoms with Gasteiger partial charge in [-0.05, 0) is 25.1 Å². The summed E-state index contributed by atoms with van der Waals surface area (Å²) in [5.74, 6) is 0.0503. The minimum atomic E-state index is -0.650. The Hall–Kier alpha value is -3.93. The van der Waals surface area contributed by atoms with Gasteiger partial charge in [0.05, 0.1) is 17.4 Å². The standard InChI is InChI=1S/C19H17N7O4S/c1-2-26-16(13-8-5-9-30-13)22-25-19(26)31-10-14(27)20-24-18(29)15-11-6-3-4-7-12(11)17(28)23-21-15/h3-9H,2,10H2,1H3,(H,20,27)(H,23,28)(H,24,29). The molecule has 3 heterocycles. The molecule has 1 aromatic carbocycles.